The van der Waals surface area contributed by atoms with Crippen LogP contribution in [0.5, 0.6) is 0 Å². The lowest BCUT2D eigenvalue weighted by atomic mass is 13.9. The minimum absolute atomic E-state index is 1.63. The maximum atomic E-state index is 10.3. The third kappa shape index (κ3) is 9.58. The quantitative estimate of drug-likeness (QED) is 0.760. The highest BCUT2D eigenvalue weighted by Gasteiger charge is 2.24. The van der Waals surface area contributed by atoms with E-state index in [-0.39, 0.29) is 0 Å². The summed E-state index contributed by atoms with van der Waals surface area (Å²) in [5, 5.41) is 0. The van der Waals surface area contributed by atoms with E-state index < -0.39 is 12.0 Å². The van der Waals surface area contributed by atoms with Gasteiger partial charge in [-0.25, -0.2) is 0 Å². The first-order chi connectivity index (χ1) is 3.71. The van der Waals surface area contributed by atoms with Gasteiger partial charge in [0.1, 0.15) is 0 Å². The molecule has 0 rings (SSSR count). The number of rotatable bonds is 2. The second kappa shape index (κ2) is 3.32. The predicted molar refractivity (Wildman–Crippen MR) is 41.8 cm³/mol. The average Bonchev–Trinajstić information content (AvgIpc) is 1.14. The summed E-state index contributed by atoms with van der Waals surface area (Å²) in [5.41, 5.74) is 0. The van der Waals surface area contributed by atoms with Crippen molar-refractivity contribution in [2.45, 2.75) is 0 Å². The molecular weight excluding hydrogens is 250 g/mol. The molecule has 0 atom stereocenters. The molecule has 3 nitrogen and oxygen atoms in total. The van der Waals surface area contributed by atoms with Gasteiger partial charge in [0, 0.05) is 0 Å². The van der Waals surface area contributed by atoms with Crippen molar-refractivity contribution in [1.82, 2.24) is 4.86 Å². The standard InChI is InChI=1S/Cl4HNO2P2/c1-8(2,6)5-9(3,4)7/h(H,5,6,7). The normalized spacial score (nSPS) is 13.8. The zero-order valence-electron chi connectivity index (χ0n) is 3.72. The van der Waals surface area contributed by atoms with E-state index in [0.717, 1.165) is 0 Å². The van der Waals surface area contributed by atoms with Gasteiger partial charge in [0.2, 0.25) is 0 Å². The van der Waals surface area contributed by atoms with Crippen LogP contribution in [-0.4, -0.2) is 0 Å². The largest absolute Gasteiger partial charge is 0.326 e. The summed E-state index contributed by atoms with van der Waals surface area (Å²) in [6.07, 6.45) is 0. The van der Waals surface area contributed by atoms with E-state index in [1.807, 2.05) is 0 Å². The van der Waals surface area contributed by atoms with Crippen LogP contribution in [0.25, 0.3) is 0 Å². The van der Waals surface area contributed by atoms with Gasteiger partial charge in [0.15, 0.2) is 0 Å². The minimum Gasteiger partial charge on any atom is -0.271 e. The molecule has 0 aliphatic rings. The predicted octanol–water partition coefficient (Wildman–Crippen LogP) is 3.75. The molecule has 9 heavy (non-hydrogen) atoms. The maximum Gasteiger partial charge on any atom is 0.326 e. The Morgan fingerprint density at radius 2 is 1.11 bits per heavy atom. The van der Waals surface area contributed by atoms with Crippen LogP contribution in [0.4, 0.5) is 0 Å². The smallest absolute Gasteiger partial charge is 0.271 e. The third-order valence-electron chi connectivity index (χ3n) is 0.233. The molecule has 0 saturated carbocycles. The number of hydrogen-bond acceptors (Lipinski definition) is 2. The van der Waals surface area contributed by atoms with Crippen molar-refractivity contribution in [2.24, 2.45) is 0 Å². The van der Waals surface area contributed by atoms with Gasteiger partial charge in [-0.05, 0) is 45.0 Å². The molecule has 0 unspecified atom stereocenters. The van der Waals surface area contributed by atoms with Crippen LogP contribution < -0.4 is 4.86 Å². The van der Waals surface area contributed by atoms with Gasteiger partial charge in [0.05, 0.1) is 0 Å². The first-order valence-electron chi connectivity index (χ1n) is 1.49. The molecule has 0 fully saturated rings. The third-order valence-corrected chi connectivity index (χ3v) is 4.82. The Hall–Kier alpha value is 1.58. The van der Waals surface area contributed by atoms with Crippen molar-refractivity contribution >= 4 is 57.0 Å². The summed E-state index contributed by atoms with van der Waals surface area (Å²) >= 11 is 19.5. The van der Waals surface area contributed by atoms with Crippen molar-refractivity contribution in [3.8, 4) is 0 Å². The first kappa shape index (κ1) is 10.6. The molecule has 1 N–H and O–H groups in total. The highest BCUT2D eigenvalue weighted by molar-refractivity contribution is 8.18. The van der Waals surface area contributed by atoms with Crippen molar-refractivity contribution in [3.63, 3.8) is 0 Å². The van der Waals surface area contributed by atoms with Gasteiger partial charge in [-0.15, -0.1) is 0 Å². The molecule has 0 aromatic rings. The Kier molecular flexibility index (Phi) is 3.90. The van der Waals surface area contributed by atoms with E-state index in [0.29, 0.717) is 0 Å². The SMILES string of the molecule is O=P(Cl)(Cl)NP(=O)(Cl)Cl. The molecule has 0 heterocycles. The Morgan fingerprint density at radius 3 is 1.11 bits per heavy atom. The molecule has 0 radical (unpaired) electrons. The maximum absolute atomic E-state index is 10.3. The number of hydrogen-bond donors (Lipinski definition) is 1. The van der Waals surface area contributed by atoms with E-state index >= 15 is 0 Å². The summed E-state index contributed by atoms with van der Waals surface area (Å²) in [5.74, 6) is -7.24. The summed E-state index contributed by atoms with van der Waals surface area (Å²) in [4.78, 5) is 1.63. The summed E-state index contributed by atoms with van der Waals surface area (Å²) in [6, 6.07) is 0. The molecule has 0 bridgehead atoms. The fourth-order valence-corrected chi connectivity index (χ4v) is 6.45. The van der Waals surface area contributed by atoms with Crippen LogP contribution in [-0.2, 0) is 9.13 Å². The van der Waals surface area contributed by atoms with E-state index in [1.54, 1.807) is 4.86 Å². The van der Waals surface area contributed by atoms with E-state index in [1.165, 1.54) is 0 Å². The monoisotopic (exact) mass is 249 g/mol. The average molecular weight is 251 g/mol. The van der Waals surface area contributed by atoms with Crippen molar-refractivity contribution in [2.75, 3.05) is 0 Å². The lowest BCUT2D eigenvalue weighted by molar-refractivity contribution is 0.582. The van der Waals surface area contributed by atoms with Crippen LogP contribution >= 0.6 is 57.0 Å². The summed E-state index contributed by atoms with van der Waals surface area (Å²) in [7, 11) is 0. The molecule has 56 valence electrons. The zero-order chi connectivity index (χ0) is 7.71. The van der Waals surface area contributed by atoms with E-state index in [2.05, 4.69) is 0 Å². The van der Waals surface area contributed by atoms with Crippen molar-refractivity contribution in [3.05, 3.63) is 0 Å². The van der Waals surface area contributed by atoms with Gasteiger partial charge in [-0.2, -0.15) is 4.86 Å². The fraction of sp³-hybridized carbons (Fsp3) is 0. The number of halogens is 4. The van der Waals surface area contributed by atoms with Gasteiger partial charge in [-0.3, -0.25) is 9.13 Å². The van der Waals surface area contributed by atoms with Gasteiger partial charge < -0.3 is 0 Å². The topological polar surface area (TPSA) is 46.2 Å². The lowest BCUT2D eigenvalue weighted by Crippen LogP contribution is -1.89. The molecule has 0 saturated heterocycles. The summed E-state index contributed by atoms with van der Waals surface area (Å²) < 4.78 is 20.6. The highest BCUT2D eigenvalue weighted by Crippen LogP contribution is 2.66. The second-order valence-electron chi connectivity index (χ2n) is 1.02. The minimum atomic E-state index is -3.62. The second-order valence-corrected chi connectivity index (χ2v) is 10.4. The fourth-order valence-electron chi connectivity index (χ4n) is 0.136. The zero-order valence-corrected chi connectivity index (χ0v) is 8.54. The van der Waals surface area contributed by atoms with Crippen LogP contribution in [0.2, 0.25) is 0 Å². The van der Waals surface area contributed by atoms with Crippen LogP contribution in [0.15, 0.2) is 0 Å². The molecule has 0 amide bonds. The first-order valence-corrected chi connectivity index (χ1v) is 8.52. The molecule has 0 aromatic carbocycles. The van der Waals surface area contributed by atoms with Crippen molar-refractivity contribution in [1.29, 1.82) is 0 Å². The van der Waals surface area contributed by atoms with Crippen LogP contribution in [0.1, 0.15) is 0 Å². The Labute approximate surface area is 71.0 Å². The lowest BCUT2D eigenvalue weighted by Gasteiger charge is -2.03. The van der Waals surface area contributed by atoms with E-state index in [4.69, 9.17) is 45.0 Å². The Morgan fingerprint density at radius 1 is 0.889 bits per heavy atom. The molecular formula is HCl4NO2P2. The Bertz CT molecular complexity index is 157. The van der Waals surface area contributed by atoms with Crippen LogP contribution in [0, 0.1) is 0 Å². The van der Waals surface area contributed by atoms with Crippen LogP contribution in [0.3, 0.4) is 0 Å². The molecule has 0 aliphatic carbocycles. The van der Waals surface area contributed by atoms with E-state index in [9.17, 15) is 9.13 Å². The van der Waals surface area contributed by atoms with Gasteiger partial charge >= 0.3 is 12.0 Å². The van der Waals surface area contributed by atoms with Gasteiger partial charge in [-0.1, -0.05) is 0 Å². The molecule has 0 spiro atoms. The van der Waals surface area contributed by atoms with Gasteiger partial charge in [0.25, 0.3) is 0 Å². The molecule has 0 aromatic heterocycles. The molecule has 0 aliphatic heterocycles. The van der Waals surface area contributed by atoms with Crippen molar-refractivity contribution < 1.29 is 9.13 Å². The summed E-state index contributed by atoms with van der Waals surface area (Å²) in [6.45, 7) is 0. The number of nitrogens with one attached hydrogen (secondary N) is 1. The Balaban J connectivity index is 4.07. The molecule has 9 heteroatoms. The highest BCUT2D eigenvalue weighted by atomic mass is 35.9.